The Kier molecular flexibility index (Phi) is 8.35. The molecular formula is C19H32IN5O2S. The molecule has 3 rings (SSSR count). The average molecular weight is 521 g/mol. The molecular weight excluding hydrogens is 489 g/mol. The SMILES string of the molecule is CC(C)(C)OC(=O)C1CCC(N=C(N)N2CCN(c3nccs3)CC2)CC1.I. The molecule has 1 saturated heterocycles. The molecule has 0 spiro atoms. The van der Waals surface area contributed by atoms with Crippen molar-refractivity contribution in [3.8, 4) is 0 Å². The molecule has 28 heavy (non-hydrogen) atoms. The monoisotopic (exact) mass is 521 g/mol. The number of guanidine groups is 1. The summed E-state index contributed by atoms with van der Waals surface area (Å²) in [6.07, 6.45) is 5.28. The van der Waals surface area contributed by atoms with Crippen molar-refractivity contribution in [3.05, 3.63) is 11.6 Å². The van der Waals surface area contributed by atoms with E-state index in [0.29, 0.717) is 5.96 Å². The molecule has 7 nitrogen and oxygen atoms in total. The van der Waals surface area contributed by atoms with Crippen molar-refractivity contribution in [2.75, 3.05) is 31.1 Å². The van der Waals surface area contributed by atoms with Crippen molar-refractivity contribution in [1.82, 2.24) is 9.88 Å². The molecule has 0 aromatic carbocycles. The van der Waals surface area contributed by atoms with Crippen molar-refractivity contribution < 1.29 is 9.53 Å². The largest absolute Gasteiger partial charge is 0.460 e. The summed E-state index contributed by atoms with van der Waals surface area (Å²) in [6, 6.07) is 0.209. The van der Waals surface area contributed by atoms with Crippen LogP contribution in [0.1, 0.15) is 46.5 Å². The number of rotatable bonds is 3. The highest BCUT2D eigenvalue weighted by Crippen LogP contribution is 2.28. The van der Waals surface area contributed by atoms with Gasteiger partial charge in [-0.2, -0.15) is 0 Å². The summed E-state index contributed by atoms with van der Waals surface area (Å²) in [5.74, 6) is 0.560. The molecule has 2 aliphatic rings. The van der Waals surface area contributed by atoms with Crippen LogP contribution in [0.15, 0.2) is 16.6 Å². The number of carbonyl (C=O) groups is 1. The van der Waals surface area contributed by atoms with E-state index in [1.165, 1.54) is 0 Å². The molecule has 0 atom stereocenters. The minimum atomic E-state index is -0.419. The van der Waals surface area contributed by atoms with Gasteiger partial charge >= 0.3 is 5.97 Å². The zero-order chi connectivity index (χ0) is 19.4. The predicted octanol–water partition coefficient (Wildman–Crippen LogP) is 3.10. The Morgan fingerprint density at radius 2 is 1.86 bits per heavy atom. The second-order valence-electron chi connectivity index (χ2n) is 8.31. The lowest BCUT2D eigenvalue weighted by molar-refractivity contribution is -0.161. The molecule has 2 fully saturated rings. The van der Waals surface area contributed by atoms with Crippen LogP contribution in [0.3, 0.4) is 0 Å². The first-order chi connectivity index (χ1) is 12.8. The number of aromatic nitrogens is 1. The maximum absolute atomic E-state index is 12.2. The third-order valence-corrected chi connectivity index (χ3v) is 5.88. The van der Waals surface area contributed by atoms with Gasteiger partial charge in [-0.25, -0.2) is 9.98 Å². The molecule has 1 aromatic heterocycles. The highest BCUT2D eigenvalue weighted by molar-refractivity contribution is 14.0. The van der Waals surface area contributed by atoms with Crippen LogP contribution in [-0.2, 0) is 9.53 Å². The molecule has 1 aliphatic carbocycles. The number of carbonyl (C=O) groups excluding carboxylic acids is 1. The van der Waals surface area contributed by atoms with E-state index in [1.807, 2.05) is 32.3 Å². The first-order valence-electron chi connectivity index (χ1n) is 9.77. The first kappa shape index (κ1) is 23.2. The van der Waals surface area contributed by atoms with Crippen LogP contribution < -0.4 is 10.6 Å². The third-order valence-electron chi connectivity index (χ3n) is 5.05. The number of esters is 1. The fourth-order valence-electron chi connectivity index (χ4n) is 3.59. The number of halogens is 1. The van der Waals surface area contributed by atoms with Gasteiger partial charge in [-0.15, -0.1) is 35.3 Å². The molecule has 0 radical (unpaired) electrons. The summed E-state index contributed by atoms with van der Waals surface area (Å²) in [4.78, 5) is 25.8. The van der Waals surface area contributed by atoms with E-state index in [-0.39, 0.29) is 41.9 Å². The zero-order valence-corrected chi connectivity index (χ0v) is 20.1. The number of aliphatic imine (C=N–C) groups is 1. The second kappa shape index (κ2) is 10.1. The summed E-state index contributed by atoms with van der Waals surface area (Å²) in [5.41, 5.74) is 5.85. The molecule has 1 aliphatic heterocycles. The normalized spacial score (nSPS) is 23.9. The Bertz CT molecular complexity index is 646. The number of ether oxygens (including phenoxy) is 1. The first-order valence-corrected chi connectivity index (χ1v) is 10.7. The highest BCUT2D eigenvalue weighted by Gasteiger charge is 2.30. The van der Waals surface area contributed by atoms with Gasteiger partial charge in [0.05, 0.1) is 12.0 Å². The number of anilines is 1. The number of nitrogens with two attached hydrogens (primary N) is 1. The maximum atomic E-state index is 12.2. The van der Waals surface area contributed by atoms with Crippen molar-refractivity contribution in [2.24, 2.45) is 16.6 Å². The molecule has 9 heteroatoms. The Labute approximate surface area is 188 Å². The Morgan fingerprint density at radius 3 is 2.39 bits per heavy atom. The molecule has 0 bridgehead atoms. The fraction of sp³-hybridized carbons (Fsp3) is 0.737. The average Bonchev–Trinajstić information content (AvgIpc) is 3.15. The van der Waals surface area contributed by atoms with Crippen LogP contribution in [0, 0.1) is 5.92 Å². The van der Waals surface area contributed by atoms with Crippen molar-refractivity contribution in [2.45, 2.75) is 58.1 Å². The van der Waals surface area contributed by atoms with Gasteiger partial charge in [-0.05, 0) is 46.5 Å². The summed E-state index contributed by atoms with van der Waals surface area (Å²) in [7, 11) is 0. The number of piperazine rings is 1. The van der Waals surface area contributed by atoms with E-state index in [2.05, 4.69) is 14.8 Å². The number of hydrogen-bond acceptors (Lipinski definition) is 6. The molecule has 2 N–H and O–H groups in total. The van der Waals surface area contributed by atoms with Gasteiger partial charge in [0.1, 0.15) is 5.60 Å². The summed E-state index contributed by atoms with van der Waals surface area (Å²) >= 11 is 1.67. The smallest absolute Gasteiger partial charge is 0.309 e. The van der Waals surface area contributed by atoms with E-state index in [9.17, 15) is 4.79 Å². The minimum Gasteiger partial charge on any atom is -0.460 e. The van der Waals surface area contributed by atoms with E-state index in [4.69, 9.17) is 15.5 Å². The lowest BCUT2D eigenvalue weighted by Crippen LogP contribution is -2.51. The van der Waals surface area contributed by atoms with Crippen molar-refractivity contribution >= 4 is 52.4 Å². The van der Waals surface area contributed by atoms with Gasteiger partial charge in [-0.3, -0.25) is 4.79 Å². The summed E-state index contributed by atoms with van der Waals surface area (Å²) in [6.45, 7) is 9.29. The molecule has 0 unspecified atom stereocenters. The molecule has 1 aromatic rings. The van der Waals surface area contributed by atoms with E-state index in [1.54, 1.807) is 11.3 Å². The van der Waals surface area contributed by atoms with Crippen LogP contribution in [-0.4, -0.2) is 59.6 Å². The van der Waals surface area contributed by atoms with Gasteiger partial charge in [-0.1, -0.05) is 0 Å². The van der Waals surface area contributed by atoms with Crippen LogP contribution in [0.4, 0.5) is 5.13 Å². The Morgan fingerprint density at radius 1 is 1.21 bits per heavy atom. The van der Waals surface area contributed by atoms with E-state index < -0.39 is 5.60 Å². The molecule has 1 saturated carbocycles. The van der Waals surface area contributed by atoms with E-state index in [0.717, 1.165) is 57.0 Å². The molecule has 158 valence electrons. The standard InChI is InChI=1S/C19H31N5O2S.HI/c1-19(2,3)26-16(25)14-4-6-15(7-5-14)22-17(20)23-9-11-24(12-10-23)18-21-8-13-27-18;/h8,13-15H,4-7,9-12H2,1-3H3,(H2,20,22);1H. The molecule has 0 amide bonds. The maximum Gasteiger partial charge on any atom is 0.309 e. The van der Waals surface area contributed by atoms with Crippen LogP contribution in [0.2, 0.25) is 0 Å². The number of hydrogen-bond donors (Lipinski definition) is 1. The van der Waals surface area contributed by atoms with Crippen molar-refractivity contribution in [3.63, 3.8) is 0 Å². The lowest BCUT2D eigenvalue weighted by Gasteiger charge is -2.36. The van der Waals surface area contributed by atoms with Gasteiger partial charge in [0.2, 0.25) is 0 Å². The Hall–Kier alpha value is -1.10. The van der Waals surface area contributed by atoms with Crippen molar-refractivity contribution in [1.29, 1.82) is 0 Å². The van der Waals surface area contributed by atoms with E-state index >= 15 is 0 Å². The van der Waals surface area contributed by atoms with Crippen LogP contribution in [0.25, 0.3) is 0 Å². The third kappa shape index (κ3) is 6.47. The zero-order valence-electron chi connectivity index (χ0n) is 17.0. The fourth-order valence-corrected chi connectivity index (χ4v) is 4.29. The highest BCUT2D eigenvalue weighted by atomic mass is 127. The molecule has 2 heterocycles. The van der Waals surface area contributed by atoms with Gasteiger partial charge in [0.15, 0.2) is 11.1 Å². The van der Waals surface area contributed by atoms with Gasteiger partial charge in [0, 0.05) is 37.8 Å². The topological polar surface area (TPSA) is 84.0 Å². The Balaban J connectivity index is 0.00000280. The predicted molar refractivity (Wildman–Crippen MR) is 125 cm³/mol. The second-order valence-corrected chi connectivity index (χ2v) is 9.19. The van der Waals surface area contributed by atoms with Gasteiger partial charge in [0.25, 0.3) is 0 Å². The van der Waals surface area contributed by atoms with Gasteiger partial charge < -0.3 is 20.3 Å². The van der Waals surface area contributed by atoms with Crippen LogP contribution >= 0.6 is 35.3 Å². The summed E-state index contributed by atoms with van der Waals surface area (Å²) < 4.78 is 5.51. The quantitative estimate of drug-likeness (QED) is 0.285. The minimum absolute atomic E-state index is 0. The number of nitrogens with zero attached hydrogens (tertiary/aromatic N) is 4. The van der Waals surface area contributed by atoms with Crippen LogP contribution in [0.5, 0.6) is 0 Å². The number of thiazole rings is 1. The summed E-state index contributed by atoms with van der Waals surface area (Å²) in [5, 5.41) is 3.08. The lowest BCUT2D eigenvalue weighted by atomic mass is 9.86.